The van der Waals surface area contributed by atoms with Crippen LogP contribution in [-0.4, -0.2) is 21.4 Å². The van der Waals surface area contributed by atoms with E-state index in [1.54, 1.807) is 24.4 Å². The molecular formula is C11H12BrN3O. The Morgan fingerprint density at radius 1 is 1.44 bits per heavy atom. The average Bonchev–Trinajstić information content (AvgIpc) is 2.60. The summed E-state index contributed by atoms with van der Waals surface area (Å²) >= 11 is 3.44. The third kappa shape index (κ3) is 2.10. The van der Waals surface area contributed by atoms with Crippen molar-refractivity contribution in [1.29, 1.82) is 0 Å². The first-order valence-electron chi connectivity index (χ1n) is 4.93. The molecule has 2 aromatic rings. The smallest absolute Gasteiger partial charge is 0.116 e. The molecule has 0 aliphatic heterocycles. The number of nitrogens with zero attached hydrogens (tertiary/aromatic N) is 2. The highest BCUT2D eigenvalue weighted by Crippen LogP contribution is 2.29. The van der Waals surface area contributed by atoms with Gasteiger partial charge in [0, 0.05) is 12.1 Å². The van der Waals surface area contributed by atoms with Crippen LogP contribution in [0.1, 0.15) is 0 Å². The molecule has 0 atom stereocenters. The van der Waals surface area contributed by atoms with Gasteiger partial charge in [-0.3, -0.25) is 4.68 Å². The standard InChI is InChI=1S/C11H12BrN3O/c12-10-7-14-15(5-4-13)11(10)8-2-1-3-9(16)6-8/h1-3,6-7,16H,4-5,13H2. The van der Waals surface area contributed by atoms with Gasteiger partial charge in [-0.05, 0) is 28.1 Å². The van der Waals surface area contributed by atoms with Crippen LogP contribution in [0.4, 0.5) is 0 Å². The summed E-state index contributed by atoms with van der Waals surface area (Å²) < 4.78 is 2.71. The van der Waals surface area contributed by atoms with Crippen LogP contribution < -0.4 is 5.73 Å². The first-order chi connectivity index (χ1) is 7.72. The summed E-state index contributed by atoms with van der Waals surface area (Å²) in [5, 5.41) is 13.7. The Morgan fingerprint density at radius 2 is 2.25 bits per heavy atom. The van der Waals surface area contributed by atoms with Gasteiger partial charge in [0.05, 0.1) is 22.9 Å². The number of hydrogen-bond donors (Lipinski definition) is 2. The van der Waals surface area contributed by atoms with Crippen LogP contribution in [-0.2, 0) is 6.54 Å². The maximum absolute atomic E-state index is 9.45. The van der Waals surface area contributed by atoms with Crippen molar-refractivity contribution >= 4 is 15.9 Å². The molecule has 0 saturated carbocycles. The van der Waals surface area contributed by atoms with Crippen LogP contribution in [0, 0.1) is 0 Å². The van der Waals surface area contributed by atoms with Gasteiger partial charge in [-0.2, -0.15) is 5.10 Å². The second-order valence-corrected chi connectivity index (χ2v) is 4.26. The fourth-order valence-corrected chi connectivity index (χ4v) is 2.12. The Morgan fingerprint density at radius 3 is 2.94 bits per heavy atom. The Bertz CT molecular complexity index is 496. The predicted octanol–water partition coefficient (Wildman–Crippen LogP) is 1.98. The van der Waals surface area contributed by atoms with Gasteiger partial charge < -0.3 is 10.8 Å². The molecule has 0 unspecified atom stereocenters. The van der Waals surface area contributed by atoms with Gasteiger partial charge in [-0.1, -0.05) is 12.1 Å². The van der Waals surface area contributed by atoms with Crippen molar-refractivity contribution in [2.24, 2.45) is 5.73 Å². The van der Waals surface area contributed by atoms with E-state index in [9.17, 15) is 5.11 Å². The highest BCUT2D eigenvalue weighted by Gasteiger charge is 2.10. The zero-order valence-corrected chi connectivity index (χ0v) is 10.2. The number of rotatable bonds is 3. The molecule has 84 valence electrons. The normalized spacial score (nSPS) is 10.6. The number of phenolic OH excluding ortho intramolecular Hbond substituents is 1. The maximum atomic E-state index is 9.45. The quantitative estimate of drug-likeness (QED) is 0.904. The minimum absolute atomic E-state index is 0.241. The Balaban J connectivity index is 2.50. The number of phenols is 1. The minimum atomic E-state index is 0.241. The molecule has 0 radical (unpaired) electrons. The molecule has 0 aliphatic carbocycles. The molecule has 4 nitrogen and oxygen atoms in total. The molecule has 0 aliphatic rings. The molecule has 2 rings (SSSR count). The summed E-state index contributed by atoms with van der Waals surface area (Å²) in [6, 6.07) is 7.07. The van der Waals surface area contributed by atoms with Gasteiger partial charge >= 0.3 is 0 Å². The van der Waals surface area contributed by atoms with E-state index in [0.29, 0.717) is 13.1 Å². The lowest BCUT2D eigenvalue weighted by atomic mass is 10.1. The average molecular weight is 282 g/mol. The summed E-state index contributed by atoms with van der Waals surface area (Å²) in [7, 11) is 0. The summed E-state index contributed by atoms with van der Waals surface area (Å²) in [4.78, 5) is 0. The third-order valence-electron chi connectivity index (χ3n) is 2.26. The summed E-state index contributed by atoms with van der Waals surface area (Å²) in [6.45, 7) is 1.18. The SMILES string of the molecule is NCCn1ncc(Br)c1-c1cccc(O)c1. The molecule has 0 amide bonds. The van der Waals surface area contributed by atoms with Crippen LogP contribution in [0.2, 0.25) is 0 Å². The molecule has 16 heavy (non-hydrogen) atoms. The number of aromatic nitrogens is 2. The van der Waals surface area contributed by atoms with Crippen molar-refractivity contribution in [3.05, 3.63) is 34.9 Å². The minimum Gasteiger partial charge on any atom is -0.508 e. The second kappa shape index (κ2) is 4.67. The van der Waals surface area contributed by atoms with Crippen molar-refractivity contribution in [3.63, 3.8) is 0 Å². The van der Waals surface area contributed by atoms with E-state index < -0.39 is 0 Å². The van der Waals surface area contributed by atoms with E-state index in [1.165, 1.54) is 0 Å². The molecule has 1 aromatic heterocycles. The lowest BCUT2D eigenvalue weighted by Crippen LogP contribution is -2.12. The molecule has 1 heterocycles. The van der Waals surface area contributed by atoms with Crippen molar-refractivity contribution in [2.75, 3.05) is 6.54 Å². The molecule has 0 fully saturated rings. The number of halogens is 1. The summed E-state index contributed by atoms with van der Waals surface area (Å²) in [6.07, 6.45) is 1.73. The van der Waals surface area contributed by atoms with E-state index in [1.807, 2.05) is 10.7 Å². The monoisotopic (exact) mass is 281 g/mol. The Labute approximate surface area is 102 Å². The van der Waals surface area contributed by atoms with Crippen molar-refractivity contribution < 1.29 is 5.11 Å². The molecule has 5 heteroatoms. The summed E-state index contributed by atoms with van der Waals surface area (Å²) in [5.74, 6) is 0.241. The van der Waals surface area contributed by atoms with Gasteiger partial charge in [0.1, 0.15) is 5.75 Å². The molecule has 0 spiro atoms. The zero-order chi connectivity index (χ0) is 11.5. The van der Waals surface area contributed by atoms with Gasteiger partial charge in [0.25, 0.3) is 0 Å². The summed E-state index contributed by atoms with van der Waals surface area (Å²) in [5.41, 5.74) is 7.37. The van der Waals surface area contributed by atoms with Gasteiger partial charge in [0.2, 0.25) is 0 Å². The lowest BCUT2D eigenvalue weighted by Gasteiger charge is -2.07. The fourth-order valence-electron chi connectivity index (χ4n) is 1.59. The Kier molecular flexibility index (Phi) is 3.26. The molecular weight excluding hydrogens is 270 g/mol. The predicted molar refractivity (Wildman–Crippen MR) is 66.1 cm³/mol. The highest BCUT2D eigenvalue weighted by molar-refractivity contribution is 9.10. The Hall–Kier alpha value is -1.33. The van der Waals surface area contributed by atoms with Crippen molar-refractivity contribution in [1.82, 2.24) is 9.78 Å². The van der Waals surface area contributed by atoms with Gasteiger partial charge in [0.15, 0.2) is 0 Å². The molecule has 1 aromatic carbocycles. The van der Waals surface area contributed by atoms with Crippen molar-refractivity contribution in [2.45, 2.75) is 6.54 Å². The molecule has 0 saturated heterocycles. The van der Waals surface area contributed by atoms with E-state index >= 15 is 0 Å². The van der Waals surface area contributed by atoms with E-state index in [2.05, 4.69) is 21.0 Å². The van der Waals surface area contributed by atoms with Crippen LogP contribution in [0.3, 0.4) is 0 Å². The lowest BCUT2D eigenvalue weighted by molar-refractivity contribution is 0.475. The van der Waals surface area contributed by atoms with Gasteiger partial charge in [-0.25, -0.2) is 0 Å². The highest BCUT2D eigenvalue weighted by atomic mass is 79.9. The number of nitrogens with two attached hydrogens (primary N) is 1. The van der Waals surface area contributed by atoms with E-state index in [-0.39, 0.29) is 5.75 Å². The maximum Gasteiger partial charge on any atom is 0.116 e. The number of benzene rings is 1. The fraction of sp³-hybridized carbons (Fsp3) is 0.182. The van der Waals surface area contributed by atoms with Gasteiger partial charge in [-0.15, -0.1) is 0 Å². The van der Waals surface area contributed by atoms with Crippen LogP contribution in [0.5, 0.6) is 5.75 Å². The topological polar surface area (TPSA) is 64.1 Å². The first kappa shape index (κ1) is 11.2. The third-order valence-corrected chi connectivity index (χ3v) is 2.84. The van der Waals surface area contributed by atoms with E-state index in [0.717, 1.165) is 15.7 Å². The van der Waals surface area contributed by atoms with Crippen LogP contribution in [0.25, 0.3) is 11.3 Å². The number of aromatic hydroxyl groups is 1. The first-order valence-corrected chi connectivity index (χ1v) is 5.72. The molecule has 3 N–H and O–H groups in total. The van der Waals surface area contributed by atoms with Crippen molar-refractivity contribution in [3.8, 4) is 17.0 Å². The zero-order valence-electron chi connectivity index (χ0n) is 8.60. The second-order valence-electron chi connectivity index (χ2n) is 3.40. The van der Waals surface area contributed by atoms with Crippen LogP contribution >= 0.6 is 15.9 Å². The largest absolute Gasteiger partial charge is 0.508 e. The molecule has 0 bridgehead atoms. The number of hydrogen-bond acceptors (Lipinski definition) is 3. The van der Waals surface area contributed by atoms with E-state index in [4.69, 9.17) is 5.73 Å². The van der Waals surface area contributed by atoms with Crippen LogP contribution in [0.15, 0.2) is 34.9 Å².